The van der Waals surface area contributed by atoms with Gasteiger partial charge in [0.05, 0.1) is 30.7 Å². The monoisotopic (exact) mass is 489 g/mol. The molecule has 0 bridgehead atoms. The fraction of sp³-hybridized carbons (Fsp3) is 0.321. The summed E-state index contributed by atoms with van der Waals surface area (Å²) in [6.07, 6.45) is 5.90. The van der Waals surface area contributed by atoms with Gasteiger partial charge in [-0.3, -0.25) is 9.59 Å². The Morgan fingerprint density at radius 3 is 2.33 bits per heavy atom. The van der Waals surface area contributed by atoms with Gasteiger partial charge < -0.3 is 24.0 Å². The van der Waals surface area contributed by atoms with Gasteiger partial charge in [0.1, 0.15) is 17.3 Å². The average Bonchev–Trinajstić information content (AvgIpc) is 3.47. The number of carbonyl (C=O) groups excluding carboxylic acids is 2. The lowest BCUT2D eigenvalue weighted by atomic mass is 9.95. The lowest BCUT2D eigenvalue weighted by Gasteiger charge is -2.25. The summed E-state index contributed by atoms with van der Waals surface area (Å²) in [5, 5.41) is 11.2. The second kappa shape index (κ2) is 11.1. The first-order valence-electron chi connectivity index (χ1n) is 12.1. The highest BCUT2D eigenvalue weighted by Gasteiger charge is 2.45. The Bertz CT molecular complexity index is 1220. The molecule has 0 aliphatic carbocycles. The highest BCUT2D eigenvalue weighted by atomic mass is 16.5. The van der Waals surface area contributed by atoms with Gasteiger partial charge >= 0.3 is 0 Å². The minimum absolute atomic E-state index is 0.0109. The molecule has 1 aliphatic heterocycles. The van der Waals surface area contributed by atoms with Crippen molar-refractivity contribution in [3.63, 3.8) is 0 Å². The second-order valence-electron chi connectivity index (χ2n) is 8.84. The summed E-state index contributed by atoms with van der Waals surface area (Å²) in [4.78, 5) is 31.9. The third-order valence-electron chi connectivity index (χ3n) is 5.92. The van der Waals surface area contributed by atoms with Crippen LogP contribution in [0, 0.1) is 0 Å². The number of aryl methyl sites for hydroxylation is 1. The van der Waals surface area contributed by atoms with Crippen LogP contribution in [0.5, 0.6) is 11.5 Å². The number of hydrogen-bond donors (Lipinski definition) is 1. The Kier molecular flexibility index (Phi) is 7.73. The fourth-order valence-electron chi connectivity index (χ4n) is 4.33. The van der Waals surface area contributed by atoms with Crippen molar-refractivity contribution in [2.24, 2.45) is 0 Å². The SMILES string of the molecule is CCOc1ccc([C@H]2C(=C(O)c3ccc(OC(C)C)cc3)C(=O)C(=O)N2CCCn2ccnc2)cc1. The highest BCUT2D eigenvalue weighted by molar-refractivity contribution is 6.46. The van der Waals surface area contributed by atoms with E-state index in [0.29, 0.717) is 43.2 Å². The topological polar surface area (TPSA) is 93.9 Å². The first-order chi connectivity index (χ1) is 17.4. The zero-order valence-corrected chi connectivity index (χ0v) is 20.8. The number of rotatable bonds is 10. The number of aliphatic hydroxyl groups excluding tert-OH is 1. The summed E-state index contributed by atoms with van der Waals surface area (Å²) in [5.74, 6) is -0.179. The molecule has 1 N–H and O–H groups in total. The van der Waals surface area contributed by atoms with Crippen LogP contribution in [0.4, 0.5) is 0 Å². The zero-order valence-electron chi connectivity index (χ0n) is 20.8. The molecule has 8 nitrogen and oxygen atoms in total. The molecule has 36 heavy (non-hydrogen) atoms. The van der Waals surface area contributed by atoms with Crippen LogP contribution < -0.4 is 9.47 Å². The van der Waals surface area contributed by atoms with Crippen LogP contribution in [0.15, 0.2) is 72.8 Å². The van der Waals surface area contributed by atoms with Gasteiger partial charge in [-0.05, 0) is 69.2 Å². The van der Waals surface area contributed by atoms with Crippen molar-refractivity contribution >= 4 is 17.4 Å². The van der Waals surface area contributed by atoms with E-state index in [1.54, 1.807) is 36.8 Å². The smallest absolute Gasteiger partial charge is 0.295 e. The Labute approximate surface area is 210 Å². The predicted molar refractivity (Wildman–Crippen MR) is 136 cm³/mol. The van der Waals surface area contributed by atoms with E-state index in [-0.39, 0.29) is 17.4 Å². The maximum atomic E-state index is 13.2. The number of aliphatic hydroxyl groups is 1. The van der Waals surface area contributed by atoms with Crippen LogP contribution in [0.2, 0.25) is 0 Å². The Hall–Kier alpha value is -4.07. The van der Waals surface area contributed by atoms with Crippen LogP contribution in [0.25, 0.3) is 5.76 Å². The third-order valence-corrected chi connectivity index (χ3v) is 5.92. The number of imidazole rings is 1. The van der Waals surface area contributed by atoms with E-state index in [1.807, 2.05) is 55.8 Å². The molecule has 1 amide bonds. The molecule has 0 spiro atoms. The summed E-state index contributed by atoms with van der Waals surface area (Å²) in [5.41, 5.74) is 1.24. The number of benzene rings is 2. The van der Waals surface area contributed by atoms with Gasteiger partial charge in [-0.25, -0.2) is 4.98 Å². The maximum Gasteiger partial charge on any atom is 0.295 e. The number of hydrogen-bond acceptors (Lipinski definition) is 6. The summed E-state index contributed by atoms with van der Waals surface area (Å²) >= 11 is 0. The Morgan fingerprint density at radius 2 is 1.72 bits per heavy atom. The highest BCUT2D eigenvalue weighted by Crippen LogP contribution is 2.40. The third kappa shape index (κ3) is 5.43. The number of nitrogens with zero attached hydrogens (tertiary/aromatic N) is 3. The van der Waals surface area contributed by atoms with Crippen molar-refractivity contribution in [3.05, 3.63) is 84.0 Å². The molecule has 1 aromatic heterocycles. The molecular formula is C28H31N3O5. The Balaban J connectivity index is 1.69. The number of carbonyl (C=O) groups is 2. The van der Waals surface area contributed by atoms with Crippen molar-refractivity contribution in [3.8, 4) is 11.5 Å². The molecule has 8 heteroatoms. The summed E-state index contributed by atoms with van der Waals surface area (Å²) in [6, 6.07) is 13.4. The van der Waals surface area contributed by atoms with Crippen LogP contribution in [0.3, 0.4) is 0 Å². The summed E-state index contributed by atoms with van der Waals surface area (Å²) in [7, 11) is 0. The van der Waals surface area contributed by atoms with E-state index in [1.165, 1.54) is 4.90 Å². The minimum atomic E-state index is -0.713. The Morgan fingerprint density at radius 1 is 1.03 bits per heavy atom. The molecule has 188 valence electrons. The molecular weight excluding hydrogens is 458 g/mol. The van der Waals surface area contributed by atoms with Gasteiger partial charge in [0.15, 0.2) is 0 Å². The van der Waals surface area contributed by atoms with Gasteiger partial charge in [0.2, 0.25) is 0 Å². The van der Waals surface area contributed by atoms with E-state index in [4.69, 9.17) is 9.47 Å². The molecule has 1 saturated heterocycles. The van der Waals surface area contributed by atoms with E-state index >= 15 is 0 Å². The van der Waals surface area contributed by atoms with Crippen LogP contribution in [0.1, 0.15) is 44.4 Å². The van der Waals surface area contributed by atoms with Gasteiger partial charge in [-0.15, -0.1) is 0 Å². The number of ketones is 1. The maximum absolute atomic E-state index is 13.2. The van der Waals surface area contributed by atoms with Crippen molar-refractivity contribution in [1.29, 1.82) is 0 Å². The van der Waals surface area contributed by atoms with Crippen molar-refractivity contribution < 1.29 is 24.2 Å². The summed E-state index contributed by atoms with van der Waals surface area (Å²) < 4.78 is 13.2. The molecule has 2 heterocycles. The van der Waals surface area contributed by atoms with Crippen LogP contribution in [-0.4, -0.2) is 50.5 Å². The molecule has 1 atom stereocenters. The number of Topliss-reactive ketones (excluding diaryl/α,β-unsaturated/α-hetero) is 1. The van der Waals surface area contributed by atoms with Crippen LogP contribution >= 0.6 is 0 Å². The number of amides is 1. The van der Waals surface area contributed by atoms with Gasteiger partial charge in [0.25, 0.3) is 11.7 Å². The van der Waals surface area contributed by atoms with E-state index in [0.717, 1.165) is 5.56 Å². The first kappa shape index (κ1) is 25.0. The predicted octanol–water partition coefficient (Wildman–Crippen LogP) is 4.58. The number of aromatic nitrogens is 2. The average molecular weight is 490 g/mol. The van der Waals surface area contributed by atoms with E-state index in [2.05, 4.69) is 4.98 Å². The van der Waals surface area contributed by atoms with Crippen molar-refractivity contribution in [2.45, 2.75) is 45.9 Å². The molecule has 1 aliphatic rings. The van der Waals surface area contributed by atoms with Crippen molar-refractivity contribution in [2.75, 3.05) is 13.2 Å². The molecule has 2 aromatic carbocycles. The summed E-state index contributed by atoms with van der Waals surface area (Å²) in [6.45, 7) is 7.29. The van der Waals surface area contributed by atoms with E-state index in [9.17, 15) is 14.7 Å². The van der Waals surface area contributed by atoms with E-state index < -0.39 is 17.7 Å². The zero-order chi connectivity index (χ0) is 25.7. The molecule has 1 fully saturated rings. The van der Waals surface area contributed by atoms with Gasteiger partial charge in [-0.1, -0.05) is 12.1 Å². The second-order valence-corrected chi connectivity index (χ2v) is 8.84. The van der Waals surface area contributed by atoms with Crippen molar-refractivity contribution in [1.82, 2.24) is 14.5 Å². The lowest BCUT2D eigenvalue weighted by molar-refractivity contribution is -0.139. The molecule has 4 rings (SSSR count). The normalized spacial score (nSPS) is 17.1. The van der Waals surface area contributed by atoms with Gasteiger partial charge in [-0.2, -0.15) is 0 Å². The quantitative estimate of drug-likeness (QED) is 0.255. The number of likely N-dealkylation sites (tertiary alicyclic amines) is 1. The molecule has 0 unspecified atom stereocenters. The first-order valence-corrected chi connectivity index (χ1v) is 12.1. The minimum Gasteiger partial charge on any atom is -0.507 e. The molecule has 3 aromatic rings. The number of ether oxygens (including phenoxy) is 2. The fourth-order valence-corrected chi connectivity index (χ4v) is 4.33. The standard InChI is InChI=1S/C28H31N3O5/c1-4-35-22-10-6-20(7-11-22)25-24(26(32)21-8-12-23(13-9-21)36-19(2)3)27(33)28(34)31(25)16-5-15-30-17-14-29-18-30/h6-14,17-19,25,32H,4-5,15-16H2,1-3H3/t25-/m0/s1. The van der Waals surface area contributed by atoms with Crippen LogP contribution in [-0.2, 0) is 16.1 Å². The lowest BCUT2D eigenvalue weighted by Crippen LogP contribution is -2.31. The molecule has 0 radical (unpaired) electrons. The van der Waals surface area contributed by atoms with Gasteiger partial charge in [0, 0.05) is 31.0 Å². The molecule has 0 saturated carbocycles. The largest absolute Gasteiger partial charge is 0.507 e.